The molecule has 96 valence electrons. The van der Waals surface area contributed by atoms with Gasteiger partial charge in [0, 0.05) is 6.54 Å². The third kappa shape index (κ3) is 3.30. The molecule has 0 unspecified atom stereocenters. The summed E-state index contributed by atoms with van der Waals surface area (Å²) >= 11 is 0. The zero-order valence-electron chi connectivity index (χ0n) is 10.3. The van der Waals surface area contributed by atoms with Crippen LogP contribution >= 0.6 is 0 Å². The minimum atomic E-state index is -0.420. The van der Waals surface area contributed by atoms with Gasteiger partial charge in [-0.1, -0.05) is 18.2 Å². The maximum atomic E-state index is 13.6. The lowest BCUT2D eigenvalue weighted by Crippen LogP contribution is -2.00. The van der Waals surface area contributed by atoms with Gasteiger partial charge in [-0.3, -0.25) is 0 Å². The Kier molecular flexibility index (Phi) is 4.11. The molecule has 19 heavy (non-hydrogen) atoms. The summed E-state index contributed by atoms with van der Waals surface area (Å²) in [6, 6.07) is 13.7. The van der Waals surface area contributed by atoms with Crippen LogP contribution in [0.2, 0.25) is 0 Å². The first-order valence-electron chi connectivity index (χ1n) is 5.83. The van der Waals surface area contributed by atoms with Crippen molar-refractivity contribution in [2.75, 3.05) is 0 Å². The van der Waals surface area contributed by atoms with Crippen molar-refractivity contribution in [1.29, 1.82) is 5.26 Å². The van der Waals surface area contributed by atoms with Crippen molar-refractivity contribution in [3.63, 3.8) is 0 Å². The Hall–Kier alpha value is -2.38. The predicted octanol–water partition coefficient (Wildman–Crippen LogP) is 2.74. The summed E-state index contributed by atoms with van der Waals surface area (Å²) in [7, 11) is 0. The molecule has 2 aromatic carbocycles. The van der Waals surface area contributed by atoms with Crippen LogP contribution in [-0.2, 0) is 13.2 Å². The third-order valence-electron chi connectivity index (χ3n) is 2.71. The Bertz CT molecular complexity index is 603. The van der Waals surface area contributed by atoms with E-state index in [0.29, 0.717) is 12.1 Å². The zero-order chi connectivity index (χ0) is 13.7. The third-order valence-corrected chi connectivity index (χ3v) is 2.71. The highest BCUT2D eigenvalue weighted by molar-refractivity contribution is 5.32. The van der Waals surface area contributed by atoms with Crippen molar-refractivity contribution < 1.29 is 9.13 Å². The van der Waals surface area contributed by atoms with E-state index in [-0.39, 0.29) is 12.4 Å². The number of benzene rings is 2. The van der Waals surface area contributed by atoms with E-state index in [2.05, 4.69) is 0 Å². The first-order valence-corrected chi connectivity index (χ1v) is 5.83. The van der Waals surface area contributed by atoms with Crippen LogP contribution in [0.1, 0.15) is 16.7 Å². The van der Waals surface area contributed by atoms with Gasteiger partial charge in [-0.25, -0.2) is 4.39 Å². The van der Waals surface area contributed by atoms with E-state index in [1.165, 1.54) is 6.07 Å². The van der Waals surface area contributed by atoms with Gasteiger partial charge >= 0.3 is 0 Å². The molecule has 0 saturated heterocycles. The minimum absolute atomic E-state index is 0.196. The molecule has 2 rings (SSSR count). The maximum Gasteiger partial charge on any atom is 0.165 e. The molecule has 0 atom stereocenters. The average Bonchev–Trinajstić information content (AvgIpc) is 2.46. The standard InChI is InChI=1S/C15H13FN2O/c16-14-7-13(9-18)5-6-15(14)19-10-12-3-1-11(8-17)2-4-12/h1-7H,9-10,18H2. The lowest BCUT2D eigenvalue weighted by molar-refractivity contribution is 0.290. The fourth-order valence-corrected chi connectivity index (χ4v) is 1.62. The van der Waals surface area contributed by atoms with Gasteiger partial charge in [0.25, 0.3) is 0 Å². The topological polar surface area (TPSA) is 59.0 Å². The zero-order valence-corrected chi connectivity index (χ0v) is 10.3. The van der Waals surface area contributed by atoms with Crippen molar-refractivity contribution in [3.8, 4) is 11.8 Å². The minimum Gasteiger partial charge on any atom is -0.486 e. The summed E-state index contributed by atoms with van der Waals surface area (Å²) in [6.07, 6.45) is 0. The number of halogens is 1. The highest BCUT2D eigenvalue weighted by atomic mass is 19.1. The molecule has 0 aliphatic carbocycles. The highest BCUT2D eigenvalue weighted by Gasteiger charge is 2.04. The molecule has 2 aromatic rings. The molecule has 0 aliphatic rings. The number of hydrogen-bond acceptors (Lipinski definition) is 3. The van der Waals surface area contributed by atoms with Crippen LogP contribution in [0.4, 0.5) is 4.39 Å². The van der Waals surface area contributed by atoms with Gasteiger partial charge in [0.1, 0.15) is 6.61 Å². The lowest BCUT2D eigenvalue weighted by Gasteiger charge is -2.08. The number of hydrogen-bond donors (Lipinski definition) is 1. The van der Waals surface area contributed by atoms with Crippen LogP contribution in [0.5, 0.6) is 5.75 Å². The van der Waals surface area contributed by atoms with Gasteiger partial charge in [-0.15, -0.1) is 0 Å². The second-order valence-corrected chi connectivity index (χ2v) is 4.07. The SMILES string of the molecule is N#Cc1ccc(COc2ccc(CN)cc2F)cc1. The van der Waals surface area contributed by atoms with Crippen molar-refractivity contribution in [2.24, 2.45) is 5.73 Å². The van der Waals surface area contributed by atoms with Gasteiger partial charge in [0.2, 0.25) is 0 Å². The molecule has 0 spiro atoms. The summed E-state index contributed by atoms with van der Waals surface area (Å²) in [5.41, 5.74) is 7.61. The Balaban J connectivity index is 2.04. The first kappa shape index (κ1) is 13.1. The normalized spacial score (nSPS) is 9.95. The van der Waals surface area contributed by atoms with Gasteiger partial charge in [-0.2, -0.15) is 5.26 Å². The van der Waals surface area contributed by atoms with Crippen molar-refractivity contribution in [1.82, 2.24) is 0 Å². The highest BCUT2D eigenvalue weighted by Crippen LogP contribution is 2.19. The fourth-order valence-electron chi connectivity index (χ4n) is 1.62. The molecule has 0 radical (unpaired) electrons. The summed E-state index contributed by atoms with van der Waals surface area (Å²) < 4.78 is 19.0. The monoisotopic (exact) mass is 256 g/mol. The largest absolute Gasteiger partial charge is 0.486 e. The van der Waals surface area contributed by atoms with Crippen LogP contribution in [0, 0.1) is 17.1 Å². The number of nitriles is 1. The molecule has 3 nitrogen and oxygen atoms in total. The van der Waals surface area contributed by atoms with E-state index in [1.807, 2.05) is 6.07 Å². The van der Waals surface area contributed by atoms with Gasteiger partial charge < -0.3 is 10.5 Å². The van der Waals surface area contributed by atoms with Crippen LogP contribution in [0.25, 0.3) is 0 Å². The molecule has 0 heterocycles. The van der Waals surface area contributed by atoms with Crippen molar-refractivity contribution in [2.45, 2.75) is 13.2 Å². The summed E-state index contributed by atoms with van der Waals surface area (Å²) in [6.45, 7) is 0.553. The Morgan fingerprint density at radius 3 is 2.37 bits per heavy atom. The van der Waals surface area contributed by atoms with E-state index in [0.717, 1.165) is 11.1 Å². The number of ether oxygens (including phenoxy) is 1. The van der Waals surface area contributed by atoms with E-state index in [9.17, 15) is 4.39 Å². The second kappa shape index (κ2) is 5.98. The Morgan fingerprint density at radius 1 is 1.11 bits per heavy atom. The average molecular weight is 256 g/mol. The van der Waals surface area contributed by atoms with E-state index in [4.69, 9.17) is 15.7 Å². The molecule has 2 N–H and O–H groups in total. The van der Waals surface area contributed by atoms with Crippen LogP contribution < -0.4 is 10.5 Å². The van der Waals surface area contributed by atoms with E-state index < -0.39 is 5.82 Å². The van der Waals surface area contributed by atoms with E-state index >= 15 is 0 Å². The van der Waals surface area contributed by atoms with Crippen LogP contribution in [-0.4, -0.2) is 0 Å². The molecule has 4 heteroatoms. The number of rotatable bonds is 4. The molecule has 0 fully saturated rings. The van der Waals surface area contributed by atoms with Crippen LogP contribution in [0.3, 0.4) is 0 Å². The molecule has 0 amide bonds. The molecular weight excluding hydrogens is 243 g/mol. The molecular formula is C15H13FN2O. The van der Waals surface area contributed by atoms with Gasteiger partial charge in [-0.05, 0) is 35.4 Å². The second-order valence-electron chi connectivity index (χ2n) is 4.07. The molecule has 0 aliphatic heterocycles. The van der Waals surface area contributed by atoms with Crippen molar-refractivity contribution in [3.05, 3.63) is 65.0 Å². The summed E-state index contributed by atoms with van der Waals surface area (Å²) in [5, 5.41) is 8.68. The molecule has 0 bridgehead atoms. The Morgan fingerprint density at radius 2 is 1.79 bits per heavy atom. The van der Waals surface area contributed by atoms with Gasteiger partial charge in [0.05, 0.1) is 11.6 Å². The Labute approximate surface area is 111 Å². The lowest BCUT2D eigenvalue weighted by atomic mass is 10.1. The van der Waals surface area contributed by atoms with Crippen LogP contribution in [0.15, 0.2) is 42.5 Å². The van der Waals surface area contributed by atoms with Crippen molar-refractivity contribution >= 4 is 0 Å². The van der Waals surface area contributed by atoms with E-state index in [1.54, 1.807) is 36.4 Å². The summed E-state index contributed by atoms with van der Waals surface area (Å²) in [4.78, 5) is 0. The predicted molar refractivity (Wildman–Crippen MR) is 69.8 cm³/mol. The first-order chi connectivity index (χ1) is 9.22. The fraction of sp³-hybridized carbons (Fsp3) is 0.133. The quantitative estimate of drug-likeness (QED) is 0.915. The molecule has 0 saturated carbocycles. The summed E-state index contributed by atoms with van der Waals surface area (Å²) in [5.74, 6) is -0.224. The number of nitrogens with two attached hydrogens (primary N) is 1. The smallest absolute Gasteiger partial charge is 0.165 e. The van der Waals surface area contributed by atoms with Gasteiger partial charge in [0.15, 0.2) is 11.6 Å². The molecule has 0 aromatic heterocycles. The maximum absolute atomic E-state index is 13.6. The number of nitrogens with zero attached hydrogens (tertiary/aromatic N) is 1.